The summed E-state index contributed by atoms with van der Waals surface area (Å²) in [6, 6.07) is 85.8. The van der Waals surface area contributed by atoms with Crippen LogP contribution in [0.1, 0.15) is 0 Å². The monoisotopic (exact) mass is 930 g/mol. The van der Waals surface area contributed by atoms with E-state index >= 15 is 0 Å². The molecule has 4 aromatic heterocycles. The van der Waals surface area contributed by atoms with Gasteiger partial charge in [0.1, 0.15) is 23.0 Å². The number of para-hydroxylation sites is 7. The van der Waals surface area contributed by atoms with E-state index in [0.29, 0.717) is 0 Å². The molecule has 0 N–H and O–H groups in total. The zero-order chi connectivity index (χ0) is 47.5. The van der Waals surface area contributed by atoms with Gasteiger partial charge in [0.25, 0.3) is 6.71 Å². The third-order valence-corrected chi connectivity index (χ3v) is 15.9. The Labute approximate surface area is 418 Å². The minimum absolute atomic E-state index is 0.141. The van der Waals surface area contributed by atoms with Gasteiger partial charge in [0.15, 0.2) is 0 Å². The Kier molecular flexibility index (Phi) is 7.73. The highest BCUT2D eigenvalue weighted by Crippen LogP contribution is 2.43. The number of ether oxygens (including phenoxy) is 2. The van der Waals surface area contributed by atoms with Crippen LogP contribution in [-0.2, 0) is 0 Å². The highest BCUT2D eigenvalue weighted by atomic mass is 16.5. The van der Waals surface area contributed by atoms with Crippen molar-refractivity contribution in [3.63, 3.8) is 0 Å². The van der Waals surface area contributed by atoms with E-state index in [-0.39, 0.29) is 6.71 Å². The van der Waals surface area contributed by atoms with Crippen molar-refractivity contribution < 1.29 is 9.47 Å². The van der Waals surface area contributed by atoms with Gasteiger partial charge in [-0.05, 0) is 83.7 Å². The van der Waals surface area contributed by atoms with Crippen LogP contribution in [0.2, 0.25) is 0 Å². The molecule has 0 unspecified atom stereocenters. The van der Waals surface area contributed by atoms with Crippen LogP contribution >= 0.6 is 0 Å². The molecule has 6 heterocycles. The average molecular weight is 931 g/mol. The smallest absolute Gasteiger partial charge is 0.260 e. The molecular weight excluding hydrogens is 892 g/mol. The lowest BCUT2D eigenvalue weighted by Gasteiger charge is -2.34. The average Bonchev–Trinajstić information content (AvgIpc) is 4.17. The molecule has 73 heavy (non-hydrogen) atoms. The fraction of sp³-hybridized carbons (Fsp3) is 0. The summed E-state index contributed by atoms with van der Waals surface area (Å²) in [4.78, 5) is 0. The van der Waals surface area contributed by atoms with Crippen molar-refractivity contribution in [1.82, 2.24) is 18.3 Å². The van der Waals surface area contributed by atoms with Gasteiger partial charge in [-0.2, -0.15) is 0 Å². The number of aromatic nitrogens is 4. The standard InChI is InChI=1S/C66H39BN4O2/c1-8-22-54-44(15-1)45-16-2-9-23-55(45)68(54)40-31-34-61-51(35-40)50-21-7-14-28-60(50)71(61)43-38-64-66-65(39-43)73-63-37-42(70-58-26-12-5-19-48(58)49-20-6-13-27-59(49)70)30-33-53(63)67(66)52-32-29-41(36-62(52)72-64)69-56-24-10-3-17-46(56)47-18-4-11-25-57(47)69/h1-39H. The van der Waals surface area contributed by atoms with Gasteiger partial charge in [0.2, 0.25) is 0 Å². The summed E-state index contributed by atoms with van der Waals surface area (Å²) in [6.45, 7) is -0.141. The van der Waals surface area contributed by atoms with Gasteiger partial charge in [0.05, 0.1) is 49.8 Å². The summed E-state index contributed by atoms with van der Waals surface area (Å²) < 4.78 is 24.1. The van der Waals surface area contributed by atoms with Gasteiger partial charge in [-0.3, -0.25) is 0 Å². The fourth-order valence-electron chi connectivity index (χ4n) is 12.8. The van der Waals surface area contributed by atoms with E-state index in [4.69, 9.17) is 9.47 Å². The number of rotatable bonds is 4. The Hall–Kier alpha value is -9.72. The van der Waals surface area contributed by atoms with Gasteiger partial charge in [0, 0.05) is 89.9 Å². The Bertz CT molecular complexity index is 4550. The van der Waals surface area contributed by atoms with Crippen LogP contribution in [0, 0.1) is 0 Å². The summed E-state index contributed by atoms with van der Waals surface area (Å²) in [5.41, 5.74) is 16.6. The normalized spacial score (nSPS) is 12.8. The minimum atomic E-state index is -0.141. The molecule has 17 rings (SSSR count). The molecule has 15 aromatic rings. The van der Waals surface area contributed by atoms with Gasteiger partial charge in [-0.25, -0.2) is 0 Å². The lowest BCUT2D eigenvalue weighted by Crippen LogP contribution is -2.57. The number of nitrogens with zero attached hydrogens (tertiary/aromatic N) is 4. The van der Waals surface area contributed by atoms with E-state index < -0.39 is 0 Å². The SMILES string of the molecule is c1ccc2c(c1)c1ccccc1n2-c1ccc2c(c1)Oc1cc(-n3c4ccccc4c4cc(-n5c6ccccc6c6ccccc65)ccc43)cc3c1B2c1ccc(-n2c4ccccc4c4ccccc42)cc1O3. The van der Waals surface area contributed by atoms with Crippen LogP contribution in [0.25, 0.3) is 110 Å². The molecule has 11 aromatic carbocycles. The molecule has 0 fully saturated rings. The second-order valence-electron chi connectivity index (χ2n) is 19.6. The molecule has 2 aliphatic heterocycles. The fourth-order valence-corrected chi connectivity index (χ4v) is 12.8. The predicted molar refractivity (Wildman–Crippen MR) is 301 cm³/mol. The van der Waals surface area contributed by atoms with Gasteiger partial charge in [-0.1, -0.05) is 140 Å². The van der Waals surface area contributed by atoms with Crippen molar-refractivity contribution >= 4 is 110 Å². The summed E-state index contributed by atoms with van der Waals surface area (Å²) in [7, 11) is 0. The Balaban J connectivity index is 0.888. The number of hydrogen-bond acceptors (Lipinski definition) is 2. The first-order chi connectivity index (χ1) is 36.2. The first kappa shape index (κ1) is 39.1. The molecule has 0 spiro atoms. The molecule has 0 amide bonds. The molecule has 0 saturated carbocycles. The van der Waals surface area contributed by atoms with Crippen LogP contribution in [0.15, 0.2) is 237 Å². The van der Waals surface area contributed by atoms with Crippen LogP contribution in [0.3, 0.4) is 0 Å². The number of hydrogen-bond donors (Lipinski definition) is 0. The van der Waals surface area contributed by atoms with Gasteiger partial charge >= 0.3 is 0 Å². The van der Waals surface area contributed by atoms with Crippen molar-refractivity contribution in [2.24, 2.45) is 0 Å². The molecule has 0 saturated heterocycles. The van der Waals surface area contributed by atoms with E-state index in [1.54, 1.807) is 0 Å². The van der Waals surface area contributed by atoms with E-state index in [9.17, 15) is 0 Å². The summed E-state index contributed by atoms with van der Waals surface area (Å²) in [5.74, 6) is 3.23. The highest BCUT2D eigenvalue weighted by molar-refractivity contribution is 6.98. The zero-order valence-electron chi connectivity index (χ0n) is 39.2. The van der Waals surface area contributed by atoms with Crippen LogP contribution in [0.5, 0.6) is 23.0 Å². The quantitative estimate of drug-likeness (QED) is 0.165. The third-order valence-electron chi connectivity index (χ3n) is 15.9. The van der Waals surface area contributed by atoms with Crippen molar-refractivity contribution in [1.29, 1.82) is 0 Å². The predicted octanol–water partition coefficient (Wildman–Crippen LogP) is 14.8. The maximum absolute atomic E-state index is 7.28. The van der Waals surface area contributed by atoms with Crippen molar-refractivity contribution in [2.45, 2.75) is 0 Å². The molecule has 7 heteroatoms. The van der Waals surface area contributed by atoms with Crippen molar-refractivity contribution in [3.8, 4) is 45.7 Å². The van der Waals surface area contributed by atoms with E-state index in [1.165, 1.54) is 54.1 Å². The third kappa shape index (κ3) is 5.32. The van der Waals surface area contributed by atoms with Crippen LogP contribution < -0.4 is 25.9 Å². The largest absolute Gasteiger partial charge is 0.458 e. The second kappa shape index (κ2) is 14.4. The number of benzene rings is 11. The van der Waals surface area contributed by atoms with Crippen LogP contribution in [-0.4, -0.2) is 25.0 Å². The van der Waals surface area contributed by atoms with Gasteiger partial charge < -0.3 is 27.7 Å². The Morgan fingerprint density at radius 3 is 0.877 bits per heavy atom. The van der Waals surface area contributed by atoms with Gasteiger partial charge in [-0.15, -0.1) is 0 Å². The molecule has 0 aliphatic carbocycles. The molecule has 0 bridgehead atoms. The summed E-state index contributed by atoms with van der Waals surface area (Å²) >= 11 is 0. The summed E-state index contributed by atoms with van der Waals surface area (Å²) in [6.07, 6.45) is 0. The molecule has 0 radical (unpaired) electrons. The van der Waals surface area contributed by atoms with Crippen molar-refractivity contribution in [2.75, 3.05) is 0 Å². The lowest BCUT2D eigenvalue weighted by atomic mass is 9.35. The minimum Gasteiger partial charge on any atom is -0.458 e. The molecule has 2 aliphatic rings. The molecule has 6 nitrogen and oxygen atoms in total. The second-order valence-corrected chi connectivity index (χ2v) is 19.6. The van der Waals surface area contributed by atoms with Crippen LogP contribution in [0.4, 0.5) is 0 Å². The zero-order valence-corrected chi connectivity index (χ0v) is 39.2. The molecule has 0 atom stereocenters. The first-order valence-electron chi connectivity index (χ1n) is 25.0. The summed E-state index contributed by atoms with van der Waals surface area (Å²) in [5, 5.41) is 9.73. The molecular formula is C66H39BN4O2. The topological polar surface area (TPSA) is 38.2 Å². The van der Waals surface area contributed by atoms with E-state index in [0.717, 1.165) is 95.2 Å². The Morgan fingerprint density at radius 1 is 0.233 bits per heavy atom. The van der Waals surface area contributed by atoms with E-state index in [2.05, 4.69) is 255 Å². The van der Waals surface area contributed by atoms with E-state index in [1.807, 2.05) is 0 Å². The van der Waals surface area contributed by atoms with Crippen molar-refractivity contribution in [3.05, 3.63) is 237 Å². The maximum atomic E-state index is 7.28. The maximum Gasteiger partial charge on any atom is 0.260 e. The first-order valence-corrected chi connectivity index (χ1v) is 25.0. The Morgan fingerprint density at radius 2 is 0.507 bits per heavy atom. The highest BCUT2D eigenvalue weighted by Gasteiger charge is 2.41. The number of fused-ring (bicyclic) bond motifs is 16. The lowest BCUT2D eigenvalue weighted by molar-refractivity contribution is 0.464. The molecule has 338 valence electrons.